The summed E-state index contributed by atoms with van der Waals surface area (Å²) in [4.78, 5) is 11.9. The smallest absolute Gasteiger partial charge is 0.191 e. The average molecular weight is 499 g/mol. The number of hydrogen-bond acceptors (Lipinski definition) is 4. The predicted molar refractivity (Wildman–Crippen MR) is 125 cm³/mol. The summed E-state index contributed by atoms with van der Waals surface area (Å²) >= 11 is 0. The van der Waals surface area contributed by atoms with E-state index in [-0.39, 0.29) is 24.0 Å². The zero-order valence-corrected chi connectivity index (χ0v) is 19.2. The molecule has 2 N–H and O–H groups in total. The molecule has 0 saturated carbocycles. The second-order valence-electron chi connectivity index (χ2n) is 7.98. The van der Waals surface area contributed by atoms with Crippen molar-refractivity contribution in [3.8, 4) is 0 Å². The van der Waals surface area contributed by atoms with E-state index in [2.05, 4.69) is 34.6 Å². The molecule has 3 saturated heterocycles. The first-order valence-corrected chi connectivity index (χ1v) is 10.7. The lowest BCUT2D eigenvalue weighted by Gasteiger charge is -2.23. The second-order valence-corrected chi connectivity index (χ2v) is 7.98. The minimum absolute atomic E-state index is 0. The molecule has 7 heteroatoms. The lowest BCUT2D eigenvalue weighted by Crippen LogP contribution is -2.47. The SMILES string of the molecule is CCNC(=NCc1ccc(N2CCCCCC2)nc1)NC1CC2CCC1O2.I. The molecule has 0 aliphatic carbocycles. The molecular weight excluding hydrogens is 465 g/mol. The number of hydrogen-bond donors (Lipinski definition) is 2. The lowest BCUT2D eigenvalue weighted by molar-refractivity contribution is 0.0992. The van der Waals surface area contributed by atoms with Gasteiger partial charge in [0.25, 0.3) is 0 Å². The number of aromatic nitrogens is 1. The first kappa shape index (κ1) is 21.6. The van der Waals surface area contributed by atoms with Crippen LogP contribution in [0.1, 0.15) is 57.4 Å². The van der Waals surface area contributed by atoms with Crippen molar-refractivity contribution >= 4 is 35.8 Å². The van der Waals surface area contributed by atoms with Crippen LogP contribution in [0.4, 0.5) is 5.82 Å². The minimum atomic E-state index is 0. The van der Waals surface area contributed by atoms with Gasteiger partial charge >= 0.3 is 0 Å². The highest BCUT2D eigenvalue weighted by Gasteiger charge is 2.41. The normalized spacial score (nSPS) is 27.2. The third kappa shape index (κ3) is 5.49. The zero-order valence-electron chi connectivity index (χ0n) is 16.9. The highest BCUT2D eigenvalue weighted by atomic mass is 127. The molecule has 0 amide bonds. The maximum atomic E-state index is 5.95. The van der Waals surface area contributed by atoms with Crippen molar-refractivity contribution in [3.05, 3.63) is 23.9 Å². The number of aliphatic imine (C=N–C) groups is 1. The molecule has 3 aliphatic rings. The predicted octanol–water partition coefficient (Wildman–Crippen LogP) is 3.46. The number of anilines is 1. The second kappa shape index (κ2) is 10.6. The largest absolute Gasteiger partial charge is 0.373 e. The van der Waals surface area contributed by atoms with Gasteiger partial charge in [0.05, 0.1) is 24.8 Å². The maximum Gasteiger partial charge on any atom is 0.191 e. The summed E-state index contributed by atoms with van der Waals surface area (Å²) < 4.78 is 5.95. The molecule has 3 aliphatic heterocycles. The Hall–Kier alpha value is -1.09. The van der Waals surface area contributed by atoms with Crippen LogP contribution < -0.4 is 15.5 Å². The number of ether oxygens (including phenoxy) is 1. The summed E-state index contributed by atoms with van der Waals surface area (Å²) in [7, 11) is 0. The van der Waals surface area contributed by atoms with Crippen molar-refractivity contribution < 1.29 is 4.74 Å². The first-order valence-electron chi connectivity index (χ1n) is 10.7. The van der Waals surface area contributed by atoms with Crippen LogP contribution in [0.5, 0.6) is 0 Å². The Labute approximate surface area is 185 Å². The van der Waals surface area contributed by atoms with Gasteiger partial charge < -0.3 is 20.3 Å². The van der Waals surface area contributed by atoms with Gasteiger partial charge in [-0.3, -0.25) is 0 Å². The van der Waals surface area contributed by atoms with Crippen LogP contribution in [0.3, 0.4) is 0 Å². The molecule has 6 nitrogen and oxygen atoms in total. The van der Waals surface area contributed by atoms with Crippen LogP contribution in [0.15, 0.2) is 23.3 Å². The zero-order chi connectivity index (χ0) is 18.5. The molecule has 1 aromatic rings. The molecule has 1 aromatic heterocycles. The quantitative estimate of drug-likeness (QED) is 0.369. The first-order chi connectivity index (χ1) is 13.3. The van der Waals surface area contributed by atoms with Gasteiger partial charge in [-0.2, -0.15) is 0 Å². The molecule has 2 bridgehead atoms. The Balaban J connectivity index is 0.00000225. The molecule has 4 rings (SSSR count). The molecular formula is C21H34IN5O. The highest BCUT2D eigenvalue weighted by molar-refractivity contribution is 14.0. The number of halogens is 1. The molecule has 28 heavy (non-hydrogen) atoms. The summed E-state index contributed by atoms with van der Waals surface area (Å²) in [6.07, 6.45) is 11.5. The third-order valence-corrected chi connectivity index (χ3v) is 5.93. The lowest BCUT2D eigenvalue weighted by atomic mass is 9.96. The van der Waals surface area contributed by atoms with Gasteiger partial charge in [-0.25, -0.2) is 9.98 Å². The van der Waals surface area contributed by atoms with E-state index in [0.29, 0.717) is 24.8 Å². The van der Waals surface area contributed by atoms with Crippen LogP contribution in [0.2, 0.25) is 0 Å². The fourth-order valence-electron chi connectivity index (χ4n) is 4.45. The molecule has 3 fully saturated rings. The van der Waals surface area contributed by atoms with E-state index in [1.807, 2.05) is 6.20 Å². The van der Waals surface area contributed by atoms with Gasteiger partial charge in [-0.1, -0.05) is 18.9 Å². The Morgan fingerprint density at radius 3 is 2.64 bits per heavy atom. The van der Waals surface area contributed by atoms with Crippen molar-refractivity contribution in [2.75, 3.05) is 24.5 Å². The monoisotopic (exact) mass is 499 g/mol. The van der Waals surface area contributed by atoms with Crippen LogP contribution in [-0.2, 0) is 11.3 Å². The van der Waals surface area contributed by atoms with Crippen molar-refractivity contribution in [1.29, 1.82) is 0 Å². The molecule has 0 spiro atoms. The van der Waals surface area contributed by atoms with E-state index in [4.69, 9.17) is 14.7 Å². The van der Waals surface area contributed by atoms with Gasteiger partial charge in [0.15, 0.2) is 5.96 Å². The standard InChI is InChI=1S/C21H33N5O.HI/c1-2-22-21(25-18-13-17-8-9-19(18)27-17)24-15-16-7-10-20(23-14-16)26-11-5-3-4-6-12-26;/h7,10,14,17-19H,2-6,8-9,11-13,15H2,1H3,(H2,22,24,25);1H. The Morgan fingerprint density at radius 1 is 1.21 bits per heavy atom. The fourth-order valence-corrected chi connectivity index (χ4v) is 4.45. The van der Waals surface area contributed by atoms with Gasteiger partial charge in [-0.05, 0) is 50.7 Å². The minimum Gasteiger partial charge on any atom is -0.373 e. The van der Waals surface area contributed by atoms with Gasteiger partial charge in [0.1, 0.15) is 5.82 Å². The number of pyridine rings is 1. The van der Waals surface area contributed by atoms with Crippen molar-refractivity contribution in [2.45, 2.75) is 76.7 Å². The van der Waals surface area contributed by atoms with E-state index in [9.17, 15) is 0 Å². The number of fused-ring (bicyclic) bond motifs is 2. The van der Waals surface area contributed by atoms with Gasteiger partial charge in [0.2, 0.25) is 0 Å². The number of guanidine groups is 1. The average Bonchev–Trinajstić information content (AvgIpc) is 3.20. The number of rotatable bonds is 5. The molecule has 4 heterocycles. The van der Waals surface area contributed by atoms with Crippen LogP contribution >= 0.6 is 24.0 Å². The van der Waals surface area contributed by atoms with Crippen LogP contribution in [0, 0.1) is 0 Å². The van der Waals surface area contributed by atoms with Crippen LogP contribution in [0.25, 0.3) is 0 Å². The summed E-state index contributed by atoms with van der Waals surface area (Å²) in [5.74, 6) is 1.99. The Morgan fingerprint density at radius 2 is 2.04 bits per heavy atom. The summed E-state index contributed by atoms with van der Waals surface area (Å²) in [5.41, 5.74) is 1.15. The van der Waals surface area contributed by atoms with E-state index >= 15 is 0 Å². The van der Waals surface area contributed by atoms with E-state index < -0.39 is 0 Å². The van der Waals surface area contributed by atoms with Crippen molar-refractivity contribution in [3.63, 3.8) is 0 Å². The molecule has 156 valence electrons. The number of nitrogens with one attached hydrogen (secondary N) is 2. The Kier molecular flexibility index (Phi) is 8.20. The maximum absolute atomic E-state index is 5.95. The third-order valence-electron chi connectivity index (χ3n) is 5.93. The molecule has 3 unspecified atom stereocenters. The highest BCUT2D eigenvalue weighted by Crippen LogP contribution is 2.34. The van der Waals surface area contributed by atoms with Crippen molar-refractivity contribution in [1.82, 2.24) is 15.6 Å². The Bertz CT molecular complexity index is 630. The van der Waals surface area contributed by atoms with E-state index in [0.717, 1.165) is 43.4 Å². The van der Waals surface area contributed by atoms with Crippen molar-refractivity contribution in [2.24, 2.45) is 4.99 Å². The fraction of sp³-hybridized carbons (Fsp3) is 0.714. The molecule has 3 atom stereocenters. The van der Waals surface area contributed by atoms with Crippen LogP contribution in [-0.4, -0.2) is 48.8 Å². The molecule has 0 aromatic carbocycles. The molecule has 0 radical (unpaired) electrons. The van der Waals surface area contributed by atoms with Gasteiger partial charge in [0, 0.05) is 25.8 Å². The van der Waals surface area contributed by atoms with E-state index in [1.165, 1.54) is 38.5 Å². The van der Waals surface area contributed by atoms with Gasteiger partial charge in [-0.15, -0.1) is 24.0 Å². The number of nitrogens with zero attached hydrogens (tertiary/aromatic N) is 3. The topological polar surface area (TPSA) is 61.8 Å². The summed E-state index contributed by atoms with van der Waals surface area (Å²) in [5, 5.41) is 6.94. The summed E-state index contributed by atoms with van der Waals surface area (Å²) in [6, 6.07) is 4.71. The van der Waals surface area contributed by atoms with E-state index in [1.54, 1.807) is 0 Å². The summed E-state index contributed by atoms with van der Waals surface area (Å²) in [6.45, 7) is 5.87.